The van der Waals surface area contributed by atoms with Crippen LogP contribution in [-0.4, -0.2) is 18.6 Å². The van der Waals surface area contributed by atoms with Crippen LogP contribution in [0.5, 0.6) is 5.75 Å². The summed E-state index contributed by atoms with van der Waals surface area (Å²) >= 11 is 5.04. The van der Waals surface area contributed by atoms with Crippen LogP contribution in [0.15, 0.2) is 51.0 Å². The summed E-state index contributed by atoms with van der Waals surface area (Å²) in [5, 5.41) is 3.86. The van der Waals surface area contributed by atoms with Crippen LogP contribution < -0.4 is 16.0 Å². The number of ether oxygens (including phenoxy) is 1. The minimum Gasteiger partial charge on any atom is -0.496 e. The lowest BCUT2D eigenvalue weighted by molar-refractivity contribution is 0.416. The Kier molecular flexibility index (Phi) is 4.81. The fraction of sp³-hybridized carbons (Fsp3) is 0.227. The zero-order valence-electron chi connectivity index (χ0n) is 15.9. The number of pyridine rings is 1. The van der Waals surface area contributed by atoms with E-state index in [2.05, 4.69) is 59.0 Å². The summed E-state index contributed by atoms with van der Waals surface area (Å²) in [6.45, 7) is 4.85. The number of aromatic amines is 1. The van der Waals surface area contributed by atoms with Gasteiger partial charge in [0.25, 0.3) is 5.56 Å². The first-order chi connectivity index (χ1) is 13.4. The lowest BCUT2D eigenvalue weighted by Gasteiger charge is -2.23. The molecular formula is C22H21BrN2O2S. The summed E-state index contributed by atoms with van der Waals surface area (Å²) in [7, 11) is 1.67. The number of hydrogen-bond donors (Lipinski definition) is 2. The number of rotatable bonds is 4. The average molecular weight is 457 g/mol. The van der Waals surface area contributed by atoms with E-state index in [1.165, 1.54) is 16.9 Å². The summed E-state index contributed by atoms with van der Waals surface area (Å²) in [6.07, 6.45) is 0. The van der Waals surface area contributed by atoms with Crippen molar-refractivity contribution < 1.29 is 4.74 Å². The van der Waals surface area contributed by atoms with Gasteiger partial charge in [0.2, 0.25) is 0 Å². The number of methoxy groups -OCH3 is 1. The summed E-state index contributed by atoms with van der Waals surface area (Å²) in [5.74, 6) is 0.754. The molecule has 2 heterocycles. The predicted octanol–water partition coefficient (Wildman–Crippen LogP) is 5.42. The number of H-pyrrole nitrogens is 1. The first-order valence-electron chi connectivity index (χ1n) is 8.98. The molecule has 0 radical (unpaired) electrons. The molecule has 6 heteroatoms. The van der Waals surface area contributed by atoms with E-state index in [-0.39, 0.29) is 11.0 Å². The fourth-order valence-electron chi connectivity index (χ4n) is 3.52. The van der Waals surface area contributed by atoms with Crippen LogP contribution >= 0.6 is 27.3 Å². The van der Waals surface area contributed by atoms with E-state index < -0.39 is 0 Å². The van der Waals surface area contributed by atoms with Crippen molar-refractivity contribution in [1.82, 2.24) is 4.98 Å². The first kappa shape index (κ1) is 19.2. The third-order valence-electron chi connectivity index (χ3n) is 5.31. The van der Waals surface area contributed by atoms with Gasteiger partial charge in [0.1, 0.15) is 10.4 Å². The minimum absolute atomic E-state index is 0.0747. The number of aromatic nitrogens is 1. The Morgan fingerprint density at radius 3 is 2.57 bits per heavy atom. The molecule has 4 rings (SSSR count). The van der Waals surface area contributed by atoms with Crippen LogP contribution in [-0.2, 0) is 5.41 Å². The van der Waals surface area contributed by atoms with Gasteiger partial charge in [-0.15, -0.1) is 11.3 Å². The maximum absolute atomic E-state index is 12.5. The van der Waals surface area contributed by atoms with E-state index in [9.17, 15) is 4.79 Å². The Balaban J connectivity index is 2.07. The van der Waals surface area contributed by atoms with Crippen LogP contribution in [0.3, 0.4) is 0 Å². The molecule has 3 N–H and O–H groups in total. The van der Waals surface area contributed by atoms with Gasteiger partial charge in [-0.05, 0) is 44.6 Å². The van der Waals surface area contributed by atoms with Crippen molar-refractivity contribution in [1.29, 1.82) is 0 Å². The van der Waals surface area contributed by atoms with Gasteiger partial charge in [-0.1, -0.05) is 38.1 Å². The van der Waals surface area contributed by atoms with Gasteiger partial charge in [0, 0.05) is 32.8 Å². The molecule has 0 fully saturated rings. The molecule has 144 valence electrons. The standard InChI is InChI=1S/C22H21BrN2O2S/c1-22(2,11-24)13-6-4-12(5-7-13)17-16(27-3)10-15(23)19-18(17)14-8-9-28-20(14)21(26)25-19/h4-10H,11,24H2,1-3H3,(H,25,26). The molecule has 0 amide bonds. The maximum Gasteiger partial charge on any atom is 0.266 e. The van der Waals surface area contributed by atoms with Crippen molar-refractivity contribution in [3.05, 3.63) is 62.2 Å². The Morgan fingerprint density at radius 1 is 1.21 bits per heavy atom. The molecule has 2 aromatic heterocycles. The minimum atomic E-state index is -0.0870. The quantitative estimate of drug-likeness (QED) is 0.430. The van der Waals surface area contributed by atoms with Gasteiger partial charge in [-0.25, -0.2) is 0 Å². The highest BCUT2D eigenvalue weighted by atomic mass is 79.9. The topological polar surface area (TPSA) is 68.1 Å². The number of thiophene rings is 1. The second-order valence-corrected chi connectivity index (χ2v) is 9.24. The number of halogens is 1. The van der Waals surface area contributed by atoms with Gasteiger partial charge in [-0.2, -0.15) is 0 Å². The Morgan fingerprint density at radius 2 is 1.93 bits per heavy atom. The van der Waals surface area contributed by atoms with E-state index in [4.69, 9.17) is 10.5 Å². The normalized spacial score (nSPS) is 12.0. The fourth-order valence-corrected chi connectivity index (χ4v) is 4.83. The third-order valence-corrected chi connectivity index (χ3v) is 6.85. The van der Waals surface area contributed by atoms with Crippen molar-refractivity contribution in [2.45, 2.75) is 19.3 Å². The number of benzene rings is 2. The number of nitrogens with two attached hydrogens (primary N) is 1. The SMILES string of the molecule is COc1cc(Br)c2[nH]c(=O)c3sccc3c2c1-c1ccc(C(C)(C)CN)cc1. The van der Waals surface area contributed by atoms with E-state index in [1.807, 2.05) is 17.5 Å². The summed E-state index contributed by atoms with van der Waals surface area (Å²) in [5.41, 5.74) is 9.74. The molecule has 0 saturated carbocycles. The van der Waals surface area contributed by atoms with E-state index in [0.29, 0.717) is 6.54 Å². The number of hydrogen-bond acceptors (Lipinski definition) is 4. The van der Waals surface area contributed by atoms with Crippen LogP contribution in [0, 0.1) is 0 Å². The Bertz CT molecular complexity index is 1240. The van der Waals surface area contributed by atoms with Crippen molar-refractivity contribution in [3.63, 3.8) is 0 Å². The largest absolute Gasteiger partial charge is 0.496 e. The molecular weight excluding hydrogens is 436 g/mol. The molecule has 4 nitrogen and oxygen atoms in total. The summed E-state index contributed by atoms with van der Waals surface area (Å²) in [4.78, 5) is 15.5. The molecule has 2 aromatic carbocycles. The van der Waals surface area contributed by atoms with Crippen LogP contribution in [0.1, 0.15) is 19.4 Å². The summed E-state index contributed by atoms with van der Waals surface area (Å²) in [6, 6.07) is 12.3. The molecule has 0 atom stereocenters. The highest BCUT2D eigenvalue weighted by Gasteiger charge is 2.21. The lowest BCUT2D eigenvalue weighted by Crippen LogP contribution is -2.27. The van der Waals surface area contributed by atoms with Crippen molar-refractivity contribution >= 4 is 48.3 Å². The number of fused-ring (bicyclic) bond motifs is 3. The van der Waals surface area contributed by atoms with Gasteiger partial charge in [0.15, 0.2) is 0 Å². The van der Waals surface area contributed by atoms with Crippen molar-refractivity contribution in [2.75, 3.05) is 13.7 Å². The van der Waals surface area contributed by atoms with E-state index >= 15 is 0 Å². The van der Waals surface area contributed by atoms with Crippen LogP contribution in [0.2, 0.25) is 0 Å². The maximum atomic E-state index is 12.5. The Hall–Kier alpha value is -2.15. The van der Waals surface area contributed by atoms with E-state index in [0.717, 1.165) is 42.3 Å². The predicted molar refractivity (Wildman–Crippen MR) is 122 cm³/mol. The van der Waals surface area contributed by atoms with Gasteiger partial charge in [-0.3, -0.25) is 4.79 Å². The first-order valence-corrected chi connectivity index (χ1v) is 10.7. The zero-order chi connectivity index (χ0) is 20.1. The molecule has 0 unspecified atom stereocenters. The second-order valence-electron chi connectivity index (χ2n) is 7.47. The highest BCUT2D eigenvalue weighted by Crippen LogP contribution is 2.43. The second kappa shape index (κ2) is 7.03. The van der Waals surface area contributed by atoms with Crippen molar-refractivity contribution in [2.24, 2.45) is 5.73 Å². The molecule has 0 aliphatic heterocycles. The molecule has 0 spiro atoms. The number of nitrogens with one attached hydrogen (secondary N) is 1. The molecule has 4 aromatic rings. The van der Waals surface area contributed by atoms with Crippen LogP contribution in [0.4, 0.5) is 0 Å². The lowest BCUT2D eigenvalue weighted by atomic mass is 9.84. The zero-order valence-corrected chi connectivity index (χ0v) is 18.3. The monoisotopic (exact) mass is 456 g/mol. The molecule has 0 bridgehead atoms. The summed E-state index contributed by atoms with van der Waals surface area (Å²) < 4.78 is 7.24. The Labute approximate surface area is 175 Å². The third kappa shape index (κ3) is 2.96. The molecule has 0 aliphatic carbocycles. The smallest absolute Gasteiger partial charge is 0.266 e. The highest BCUT2D eigenvalue weighted by molar-refractivity contribution is 9.10. The molecule has 28 heavy (non-hydrogen) atoms. The van der Waals surface area contributed by atoms with Crippen LogP contribution in [0.25, 0.3) is 32.1 Å². The van der Waals surface area contributed by atoms with Gasteiger partial charge >= 0.3 is 0 Å². The molecule has 0 aliphatic rings. The van der Waals surface area contributed by atoms with Gasteiger partial charge in [0.05, 0.1) is 12.6 Å². The average Bonchev–Trinajstić information content (AvgIpc) is 3.19. The van der Waals surface area contributed by atoms with Crippen molar-refractivity contribution in [3.8, 4) is 16.9 Å². The van der Waals surface area contributed by atoms with E-state index in [1.54, 1.807) is 7.11 Å². The van der Waals surface area contributed by atoms with Gasteiger partial charge < -0.3 is 15.5 Å². The molecule has 0 saturated heterocycles.